The fraction of sp³-hybridized carbons (Fsp3) is 0.467. The summed E-state index contributed by atoms with van der Waals surface area (Å²) in [6, 6.07) is 9.40. The fourth-order valence-electron chi connectivity index (χ4n) is 1.60. The topological polar surface area (TPSA) is 66.0 Å². The first kappa shape index (κ1) is 14.9. The Kier molecular flexibility index (Phi) is 5.21. The van der Waals surface area contributed by atoms with Gasteiger partial charge >= 0.3 is 0 Å². The minimum Gasteiger partial charge on any atom is -0.497 e. The van der Waals surface area contributed by atoms with Crippen LogP contribution in [-0.4, -0.2) is 13.7 Å². The number of nitriles is 2. The monoisotopic (exact) mass is 258 g/mol. The van der Waals surface area contributed by atoms with Crippen LogP contribution in [0.4, 0.5) is 0 Å². The lowest BCUT2D eigenvalue weighted by atomic mass is 9.90. The number of ether oxygens (including phenoxy) is 2. The van der Waals surface area contributed by atoms with Gasteiger partial charge in [0.25, 0.3) is 0 Å². The van der Waals surface area contributed by atoms with Crippen molar-refractivity contribution in [3.63, 3.8) is 0 Å². The molecule has 0 heterocycles. The summed E-state index contributed by atoms with van der Waals surface area (Å²) in [7, 11) is 1.55. The van der Waals surface area contributed by atoms with Crippen molar-refractivity contribution in [2.24, 2.45) is 5.41 Å². The molecule has 0 saturated heterocycles. The standard InChI is InChI=1S/C15H18N2O2/c1-15(2,11-17)5-4-6-19-14-8-12(10-16)7-13(9-14)18-3/h7-9H,4-6H2,1-3H3. The average molecular weight is 258 g/mol. The summed E-state index contributed by atoms with van der Waals surface area (Å²) < 4.78 is 10.7. The molecule has 0 N–H and O–H groups in total. The molecule has 0 unspecified atom stereocenters. The number of benzene rings is 1. The van der Waals surface area contributed by atoms with Crippen molar-refractivity contribution in [2.75, 3.05) is 13.7 Å². The van der Waals surface area contributed by atoms with Crippen molar-refractivity contribution in [1.29, 1.82) is 10.5 Å². The minimum absolute atomic E-state index is 0.324. The zero-order chi connectivity index (χ0) is 14.3. The van der Waals surface area contributed by atoms with Gasteiger partial charge in [-0.2, -0.15) is 10.5 Å². The second-order valence-electron chi connectivity index (χ2n) is 4.96. The van der Waals surface area contributed by atoms with E-state index in [0.29, 0.717) is 23.7 Å². The van der Waals surface area contributed by atoms with Gasteiger partial charge in [-0.25, -0.2) is 0 Å². The number of hydrogen-bond acceptors (Lipinski definition) is 4. The second kappa shape index (κ2) is 6.66. The van der Waals surface area contributed by atoms with E-state index in [0.717, 1.165) is 12.8 Å². The molecular weight excluding hydrogens is 240 g/mol. The van der Waals surface area contributed by atoms with E-state index < -0.39 is 0 Å². The van der Waals surface area contributed by atoms with E-state index in [1.165, 1.54) is 0 Å². The van der Waals surface area contributed by atoms with Crippen molar-refractivity contribution >= 4 is 0 Å². The maximum Gasteiger partial charge on any atom is 0.124 e. The summed E-state index contributed by atoms with van der Waals surface area (Å²) in [5.41, 5.74) is 0.182. The molecule has 4 heteroatoms. The van der Waals surface area contributed by atoms with Crippen LogP contribution in [-0.2, 0) is 0 Å². The van der Waals surface area contributed by atoms with E-state index in [1.807, 2.05) is 13.8 Å². The van der Waals surface area contributed by atoms with Gasteiger partial charge in [0.1, 0.15) is 11.5 Å². The quantitative estimate of drug-likeness (QED) is 0.734. The molecule has 4 nitrogen and oxygen atoms in total. The Labute approximate surface area is 114 Å². The van der Waals surface area contributed by atoms with E-state index in [4.69, 9.17) is 20.0 Å². The van der Waals surface area contributed by atoms with Crippen molar-refractivity contribution in [2.45, 2.75) is 26.7 Å². The largest absolute Gasteiger partial charge is 0.497 e. The Morgan fingerprint density at radius 2 is 1.84 bits per heavy atom. The van der Waals surface area contributed by atoms with E-state index >= 15 is 0 Å². The van der Waals surface area contributed by atoms with Crippen LogP contribution in [0.2, 0.25) is 0 Å². The third-order valence-electron chi connectivity index (χ3n) is 2.76. The maximum absolute atomic E-state index is 8.90. The van der Waals surface area contributed by atoms with E-state index in [1.54, 1.807) is 25.3 Å². The Morgan fingerprint density at radius 3 is 2.42 bits per heavy atom. The first-order chi connectivity index (χ1) is 9.00. The van der Waals surface area contributed by atoms with Crippen LogP contribution in [0, 0.1) is 28.1 Å². The summed E-state index contributed by atoms with van der Waals surface area (Å²) in [6.45, 7) is 4.34. The highest BCUT2D eigenvalue weighted by atomic mass is 16.5. The molecule has 0 bridgehead atoms. The molecular formula is C15H18N2O2. The molecule has 0 radical (unpaired) electrons. The van der Waals surface area contributed by atoms with Gasteiger partial charge in [-0.1, -0.05) is 0 Å². The van der Waals surface area contributed by atoms with Crippen molar-refractivity contribution in [1.82, 2.24) is 0 Å². The van der Waals surface area contributed by atoms with Crippen LogP contribution in [0.3, 0.4) is 0 Å². The Hall–Kier alpha value is -2.20. The molecule has 1 rings (SSSR count). The predicted octanol–water partition coefficient (Wildman–Crippen LogP) is 3.28. The van der Waals surface area contributed by atoms with Crippen LogP contribution in [0.15, 0.2) is 18.2 Å². The molecule has 0 spiro atoms. The lowest BCUT2D eigenvalue weighted by Crippen LogP contribution is -2.10. The molecule has 1 aromatic carbocycles. The van der Waals surface area contributed by atoms with Crippen LogP contribution >= 0.6 is 0 Å². The van der Waals surface area contributed by atoms with Crippen molar-refractivity contribution in [3.8, 4) is 23.6 Å². The summed E-state index contributed by atoms with van der Waals surface area (Å²) in [5, 5.41) is 17.8. The van der Waals surface area contributed by atoms with Gasteiger partial charge in [-0.3, -0.25) is 0 Å². The second-order valence-corrected chi connectivity index (χ2v) is 4.96. The highest BCUT2D eigenvalue weighted by molar-refractivity contribution is 5.43. The lowest BCUT2D eigenvalue weighted by molar-refractivity contribution is 0.282. The smallest absolute Gasteiger partial charge is 0.124 e. The normalized spacial score (nSPS) is 10.4. The van der Waals surface area contributed by atoms with Crippen LogP contribution in [0.1, 0.15) is 32.3 Å². The van der Waals surface area contributed by atoms with Gasteiger partial charge < -0.3 is 9.47 Å². The number of methoxy groups -OCH3 is 1. The summed E-state index contributed by atoms with van der Waals surface area (Å²) in [6.07, 6.45) is 1.57. The molecule has 0 aliphatic heterocycles. The third kappa shape index (κ3) is 4.89. The maximum atomic E-state index is 8.90. The molecule has 0 aliphatic carbocycles. The number of rotatable bonds is 6. The van der Waals surface area contributed by atoms with E-state index in [-0.39, 0.29) is 5.41 Å². The third-order valence-corrected chi connectivity index (χ3v) is 2.76. The average Bonchev–Trinajstić information content (AvgIpc) is 2.43. The fourth-order valence-corrected chi connectivity index (χ4v) is 1.60. The lowest BCUT2D eigenvalue weighted by Gasteiger charge is -2.15. The summed E-state index contributed by atoms with van der Waals surface area (Å²) in [4.78, 5) is 0. The SMILES string of the molecule is COc1cc(C#N)cc(OCCCC(C)(C)C#N)c1. The zero-order valence-electron chi connectivity index (χ0n) is 11.6. The molecule has 0 saturated carbocycles. The van der Waals surface area contributed by atoms with Gasteiger partial charge in [0.05, 0.1) is 36.8 Å². The molecule has 0 aliphatic rings. The predicted molar refractivity (Wildman–Crippen MR) is 71.8 cm³/mol. The van der Waals surface area contributed by atoms with Crippen molar-refractivity contribution in [3.05, 3.63) is 23.8 Å². The Morgan fingerprint density at radius 1 is 1.16 bits per heavy atom. The minimum atomic E-state index is -0.324. The van der Waals surface area contributed by atoms with Gasteiger partial charge in [-0.05, 0) is 38.8 Å². The van der Waals surface area contributed by atoms with Gasteiger partial charge in [0, 0.05) is 6.07 Å². The van der Waals surface area contributed by atoms with Gasteiger partial charge in [0.2, 0.25) is 0 Å². The molecule has 19 heavy (non-hydrogen) atoms. The molecule has 0 aromatic heterocycles. The highest BCUT2D eigenvalue weighted by Crippen LogP contribution is 2.24. The Balaban J connectivity index is 2.55. The van der Waals surface area contributed by atoms with Gasteiger partial charge in [0.15, 0.2) is 0 Å². The first-order valence-corrected chi connectivity index (χ1v) is 6.14. The molecule has 0 fully saturated rings. The number of nitrogens with zero attached hydrogens (tertiary/aromatic N) is 2. The van der Waals surface area contributed by atoms with Crippen LogP contribution in [0.25, 0.3) is 0 Å². The first-order valence-electron chi connectivity index (χ1n) is 6.14. The van der Waals surface area contributed by atoms with Gasteiger partial charge in [-0.15, -0.1) is 0 Å². The van der Waals surface area contributed by atoms with Crippen molar-refractivity contribution < 1.29 is 9.47 Å². The summed E-state index contributed by atoms with van der Waals surface area (Å²) in [5.74, 6) is 1.22. The molecule has 0 atom stereocenters. The Bertz CT molecular complexity index is 510. The highest BCUT2D eigenvalue weighted by Gasteiger charge is 2.15. The van der Waals surface area contributed by atoms with Crippen LogP contribution in [0.5, 0.6) is 11.5 Å². The molecule has 100 valence electrons. The van der Waals surface area contributed by atoms with E-state index in [2.05, 4.69) is 12.1 Å². The number of hydrogen-bond donors (Lipinski definition) is 0. The molecule has 0 amide bonds. The molecule has 1 aromatic rings. The zero-order valence-corrected chi connectivity index (χ0v) is 11.6. The summed E-state index contributed by atoms with van der Waals surface area (Å²) >= 11 is 0. The van der Waals surface area contributed by atoms with E-state index in [9.17, 15) is 0 Å². The van der Waals surface area contributed by atoms with Crippen LogP contribution < -0.4 is 9.47 Å².